The maximum absolute atomic E-state index is 13.8. The van der Waals surface area contributed by atoms with Gasteiger partial charge < -0.3 is 4.52 Å². The van der Waals surface area contributed by atoms with Gasteiger partial charge in [-0.25, -0.2) is 9.87 Å². The Hall–Kier alpha value is -2.49. The van der Waals surface area contributed by atoms with Crippen LogP contribution in [0.2, 0.25) is 0 Å². The van der Waals surface area contributed by atoms with Gasteiger partial charge in [0.15, 0.2) is 0 Å². The SMILES string of the molecule is CONC(=O)Cc1ccc(-c2noc(C(F)(F)F)n2)cc1F. The lowest BCUT2D eigenvalue weighted by Gasteiger charge is -2.04. The highest BCUT2D eigenvalue weighted by Gasteiger charge is 2.38. The number of nitrogens with one attached hydrogen (secondary N) is 1. The van der Waals surface area contributed by atoms with Crippen LogP contribution in [0.15, 0.2) is 22.7 Å². The molecule has 0 spiro atoms. The molecule has 6 nitrogen and oxygen atoms in total. The molecule has 0 atom stereocenters. The van der Waals surface area contributed by atoms with Crippen LogP contribution in [0.5, 0.6) is 0 Å². The summed E-state index contributed by atoms with van der Waals surface area (Å²) in [6.07, 6.45) is -5.07. The number of halogens is 4. The van der Waals surface area contributed by atoms with Crippen LogP contribution in [0.4, 0.5) is 17.6 Å². The molecule has 1 amide bonds. The van der Waals surface area contributed by atoms with Crippen molar-refractivity contribution in [3.63, 3.8) is 0 Å². The number of amides is 1. The number of carbonyl (C=O) groups is 1. The fourth-order valence-corrected chi connectivity index (χ4v) is 1.61. The van der Waals surface area contributed by atoms with Gasteiger partial charge in [-0.3, -0.25) is 9.63 Å². The molecule has 22 heavy (non-hydrogen) atoms. The highest BCUT2D eigenvalue weighted by Crippen LogP contribution is 2.29. The van der Waals surface area contributed by atoms with E-state index in [1.807, 2.05) is 5.48 Å². The van der Waals surface area contributed by atoms with Gasteiger partial charge >= 0.3 is 12.1 Å². The molecular weight excluding hydrogens is 310 g/mol. The number of nitrogens with zero attached hydrogens (tertiary/aromatic N) is 2. The summed E-state index contributed by atoms with van der Waals surface area (Å²) in [5, 5.41) is 3.14. The molecule has 2 rings (SSSR count). The van der Waals surface area contributed by atoms with E-state index in [-0.39, 0.29) is 17.5 Å². The third-order valence-electron chi connectivity index (χ3n) is 2.55. The van der Waals surface area contributed by atoms with Crippen LogP contribution in [0.1, 0.15) is 11.5 Å². The summed E-state index contributed by atoms with van der Waals surface area (Å²) < 4.78 is 55.0. The minimum absolute atomic E-state index is 0.00681. The Morgan fingerprint density at radius 1 is 1.41 bits per heavy atom. The Bertz CT molecular complexity index is 684. The monoisotopic (exact) mass is 319 g/mol. The Balaban J connectivity index is 2.22. The van der Waals surface area contributed by atoms with E-state index < -0.39 is 29.6 Å². The molecule has 1 aromatic heterocycles. The molecular formula is C12H9F4N3O3. The first kappa shape index (κ1) is 15.9. The van der Waals surface area contributed by atoms with E-state index in [4.69, 9.17) is 0 Å². The molecule has 0 fully saturated rings. The average Bonchev–Trinajstić information content (AvgIpc) is 2.91. The molecule has 0 aliphatic rings. The van der Waals surface area contributed by atoms with Crippen molar-refractivity contribution in [2.45, 2.75) is 12.6 Å². The van der Waals surface area contributed by atoms with Crippen LogP contribution >= 0.6 is 0 Å². The standard InChI is InChI=1S/C12H9F4N3O3/c1-21-18-9(20)5-6-2-3-7(4-8(6)13)10-17-11(22-19-10)12(14,15)16/h2-4H,5H2,1H3,(H,18,20). The molecule has 0 saturated heterocycles. The smallest absolute Gasteiger partial charge is 0.329 e. The second kappa shape index (κ2) is 6.10. The largest absolute Gasteiger partial charge is 0.471 e. The zero-order valence-corrected chi connectivity index (χ0v) is 11.1. The maximum atomic E-state index is 13.8. The second-order valence-corrected chi connectivity index (χ2v) is 4.13. The third kappa shape index (κ3) is 3.58. The van der Waals surface area contributed by atoms with Crippen LogP contribution in [0.25, 0.3) is 11.4 Å². The Labute approximate surface area is 121 Å². The molecule has 1 N–H and O–H groups in total. The first-order valence-electron chi connectivity index (χ1n) is 5.83. The molecule has 0 aliphatic heterocycles. The Morgan fingerprint density at radius 3 is 2.68 bits per heavy atom. The molecule has 10 heteroatoms. The predicted molar refractivity (Wildman–Crippen MR) is 63.5 cm³/mol. The summed E-state index contributed by atoms with van der Waals surface area (Å²) in [5.41, 5.74) is 2.05. The van der Waals surface area contributed by atoms with Crippen molar-refractivity contribution in [2.75, 3.05) is 7.11 Å². The number of aromatic nitrogens is 2. The van der Waals surface area contributed by atoms with E-state index in [1.165, 1.54) is 19.2 Å². The molecule has 0 bridgehead atoms. The van der Waals surface area contributed by atoms with Crippen molar-refractivity contribution in [3.8, 4) is 11.4 Å². The van der Waals surface area contributed by atoms with E-state index in [0.717, 1.165) is 6.07 Å². The number of alkyl halides is 3. The van der Waals surface area contributed by atoms with Crippen molar-refractivity contribution in [1.29, 1.82) is 0 Å². The van der Waals surface area contributed by atoms with E-state index in [9.17, 15) is 22.4 Å². The van der Waals surface area contributed by atoms with Gasteiger partial charge in [-0.05, 0) is 11.6 Å². The first-order valence-corrected chi connectivity index (χ1v) is 5.83. The minimum Gasteiger partial charge on any atom is -0.329 e. The molecule has 118 valence electrons. The van der Waals surface area contributed by atoms with E-state index >= 15 is 0 Å². The third-order valence-corrected chi connectivity index (χ3v) is 2.55. The minimum atomic E-state index is -4.78. The summed E-state index contributed by atoms with van der Waals surface area (Å²) >= 11 is 0. The number of benzene rings is 1. The molecule has 0 radical (unpaired) electrons. The lowest BCUT2D eigenvalue weighted by atomic mass is 10.1. The van der Waals surface area contributed by atoms with E-state index in [2.05, 4.69) is 19.5 Å². The second-order valence-electron chi connectivity index (χ2n) is 4.13. The van der Waals surface area contributed by atoms with Crippen molar-refractivity contribution < 1.29 is 31.7 Å². The summed E-state index contributed by atoms with van der Waals surface area (Å²) in [6, 6.07) is 3.44. The first-order chi connectivity index (χ1) is 10.3. The van der Waals surface area contributed by atoms with Gasteiger partial charge in [-0.15, -0.1) is 0 Å². The molecule has 0 unspecified atom stereocenters. The van der Waals surface area contributed by atoms with Gasteiger partial charge in [-0.2, -0.15) is 18.2 Å². The highest BCUT2D eigenvalue weighted by atomic mass is 19.4. The van der Waals surface area contributed by atoms with Gasteiger partial charge in [0.05, 0.1) is 13.5 Å². The number of hydrogen-bond donors (Lipinski definition) is 1. The molecule has 0 aliphatic carbocycles. The van der Waals surface area contributed by atoms with E-state index in [1.54, 1.807) is 0 Å². The van der Waals surface area contributed by atoms with Crippen LogP contribution < -0.4 is 5.48 Å². The molecule has 1 heterocycles. The Morgan fingerprint density at radius 2 is 2.14 bits per heavy atom. The van der Waals surface area contributed by atoms with Gasteiger partial charge in [0, 0.05) is 5.56 Å². The number of hydrogen-bond acceptors (Lipinski definition) is 5. The Kier molecular flexibility index (Phi) is 4.40. The predicted octanol–water partition coefficient (Wildman–Crippen LogP) is 2.11. The maximum Gasteiger partial charge on any atom is 0.471 e. The average molecular weight is 319 g/mol. The summed E-state index contributed by atoms with van der Waals surface area (Å²) in [4.78, 5) is 18.8. The zero-order valence-electron chi connectivity index (χ0n) is 11.1. The fraction of sp³-hybridized carbons (Fsp3) is 0.250. The molecule has 1 aromatic carbocycles. The number of rotatable bonds is 4. The van der Waals surface area contributed by atoms with Crippen LogP contribution in [0, 0.1) is 5.82 Å². The quantitative estimate of drug-likeness (QED) is 0.690. The van der Waals surface area contributed by atoms with Gasteiger partial charge in [0.2, 0.25) is 11.7 Å². The number of hydroxylamine groups is 1. The van der Waals surface area contributed by atoms with Crippen LogP contribution in [0.3, 0.4) is 0 Å². The lowest BCUT2D eigenvalue weighted by molar-refractivity contribution is -0.159. The summed E-state index contributed by atoms with van der Waals surface area (Å²) in [6.45, 7) is 0. The van der Waals surface area contributed by atoms with Crippen LogP contribution in [-0.2, 0) is 22.2 Å². The van der Waals surface area contributed by atoms with Gasteiger partial charge in [0.1, 0.15) is 5.82 Å². The van der Waals surface area contributed by atoms with Gasteiger partial charge in [0.25, 0.3) is 0 Å². The summed E-state index contributed by atoms with van der Waals surface area (Å²) in [5.74, 6) is -3.29. The fourth-order valence-electron chi connectivity index (χ4n) is 1.61. The van der Waals surface area contributed by atoms with Crippen molar-refractivity contribution >= 4 is 5.91 Å². The zero-order chi connectivity index (χ0) is 16.3. The molecule has 0 saturated carbocycles. The molecule has 2 aromatic rings. The normalized spacial score (nSPS) is 11.5. The van der Waals surface area contributed by atoms with Crippen LogP contribution in [-0.4, -0.2) is 23.2 Å². The van der Waals surface area contributed by atoms with Crippen molar-refractivity contribution in [1.82, 2.24) is 15.6 Å². The highest BCUT2D eigenvalue weighted by molar-refractivity contribution is 5.77. The topological polar surface area (TPSA) is 77.2 Å². The van der Waals surface area contributed by atoms with Crippen molar-refractivity contribution in [3.05, 3.63) is 35.5 Å². The van der Waals surface area contributed by atoms with E-state index in [0.29, 0.717) is 0 Å². The number of carbonyl (C=O) groups excluding carboxylic acids is 1. The van der Waals surface area contributed by atoms with Crippen molar-refractivity contribution in [2.24, 2.45) is 0 Å². The summed E-state index contributed by atoms with van der Waals surface area (Å²) in [7, 11) is 1.23. The lowest BCUT2D eigenvalue weighted by Crippen LogP contribution is -2.24. The van der Waals surface area contributed by atoms with Gasteiger partial charge in [-0.1, -0.05) is 17.3 Å².